The van der Waals surface area contributed by atoms with Gasteiger partial charge in [0.2, 0.25) is 0 Å². The first-order chi connectivity index (χ1) is 14.9. The molecule has 1 aromatic heterocycles. The van der Waals surface area contributed by atoms with Gasteiger partial charge in [0, 0.05) is 25.6 Å². The van der Waals surface area contributed by atoms with Crippen LogP contribution in [0.2, 0.25) is 5.02 Å². The highest BCUT2D eigenvalue weighted by Crippen LogP contribution is 2.35. The number of halogens is 2. The smallest absolute Gasteiger partial charge is 0.263 e. The highest BCUT2D eigenvalue weighted by molar-refractivity contribution is 7.92. The number of thiazole rings is 1. The van der Waals surface area contributed by atoms with E-state index in [1.54, 1.807) is 24.6 Å². The first-order valence-corrected chi connectivity index (χ1v) is 12.2. The van der Waals surface area contributed by atoms with E-state index in [0.29, 0.717) is 23.6 Å². The first-order valence-electron chi connectivity index (χ1n) is 9.40. The minimum atomic E-state index is -3.82. The molecular formula is C20H20ClFN4O3S2. The maximum absolute atomic E-state index is 13.9. The average molecular weight is 483 g/mol. The number of sulfonamides is 1. The summed E-state index contributed by atoms with van der Waals surface area (Å²) >= 11 is 7.66. The van der Waals surface area contributed by atoms with E-state index in [0.717, 1.165) is 13.0 Å². The number of anilines is 4. The molecular weight excluding hydrogens is 463 g/mol. The van der Waals surface area contributed by atoms with Gasteiger partial charge in [0.1, 0.15) is 5.82 Å². The molecule has 0 radical (unpaired) electrons. The molecule has 2 heterocycles. The van der Waals surface area contributed by atoms with Gasteiger partial charge in [-0.3, -0.25) is 4.72 Å². The maximum atomic E-state index is 13.9. The molecule has 2 aromatic carbocycles. The minimum Gasteiger partial charge on any atom is -0.380 e. The molecule has 4 rings (SSSR count). The number of aromatic nitrogens is 1. The second-order valence-electron chi connectivity index (χ2n) is 7.00. The lowest BCUT2D eigenvalue weighted by molar-refractivity contribution is 0.121. The average Bonchev–Trinajstić information content (AvgIpc) is 3.42. The number of rotatable bonds is 7. The number of benzene rings is 2. The van der Waals surface area contributed by atoms with Crippen molar-refractivity contribution in [1.82, 2.24) is 4.98 Å². The van der Waals surface area contributed by atoms with E-state index in [4.69, 9.17) is 16.3 Å². The van der Waals surface area contributed by atoms with Gasteiger partial charge >= 0.3 is 0 Å². The van der Waals surface area contributed by atoms with Crippen LogP contribution in [0, 0.1) is 5.82 Å². The van der Waals surface area contributed by atoms with Crippen LogP contribution in [0.1, 0.15) is 6.42 Å². The molecule has 0 amide bonds. The van der Waals surface area contributed by atoms with Gasteiger partial charge in [-0.05, 0) is 42.8 Å². The summed E-state index contributed by atoms with van der Waals surface area (Å²) in [6, 6.07) is 8.84. The number of ether oxygens (including phenoxy) is 1. The number of hydrogen-bond donors (Lipinski definition) is 2. The van der Waals surface area contributed by atoms with Gasteiger partial charge in [-0.15, -0.1) is 11.3 Å². The Bertz CT molecular complexity index is 1180. The van der Waals surface area contributed by atoms with Crippen LogP contribution in [0.3, 0.4) is 0 Å². The molecule has 1 saturated heterocycles. The summed E-state index contributed by atoms with van der Waals surface area (Å²) in [6.07, 6.45) is 0.945. The number of nitrogens with zero attached hydrogens (tertiary/aromatic N) is 2. The fraction of sp³-hybridized carbons (Fsp3) is 0.250. The molecule has 1 unspecified atom stereocenters. The van der Waals surface area contributed by atoms with Crippen molar-refractivity contribution in [1.29, 1.82) is 0 Å². The van der Waals surface area contributed by atoms with E-state index in [1.165, 1.54) is 41.1 Å². The molecule has 31 heavy (non-hydrogen) atoms. The van der Waals surface area contributed by atoms with E-state index in [2.05, 4.69) is 15.0 Å². The number of nitrogens with one attached hydrogen (secondary N) is 2. The summed E-state index contributed by atoms with van der Waals surface area (Å²) in [6.45, 7) is 1.39. The summed E-state index contributed by atoms with van der Waals surface area (Å²) in [5.74, 6) is -0.0960. The van der Waals surface area contributed by atoms with Gasteiger partial charge in [0.25, 0.3) is 10.0 Å². The maximum Gasteiger partial charge on any atom is 0.263 e. The number of methoxy groups -OCH3 is 1. The van der Waals surface area contributed by atoms with Gasteiger partial charge < -0.3 is 15.0 Å². The van der Waals surface area contributed by atoms with Crippen molar-refractivity contribution in [3.8, 4) is 0 Å². The Kier molecular flexibility index (Phi) is 6.33. The lowest BCUT2D eigenvalue weighted by Crippen LogP contribution is -2.23. The van der Waals surface area contributed by atoms with E-state index in [-0.39, 0.29) is 27.7 Å². The van der Waals surface area contributed by atoms with Crippen LogP contribution < -0.4 is 14.9 Å². The molecule has 3 aromatic rings. The molecule has 1 aliphatic heterocycles. The minimum absolute atomic E-state index is 0.0119. The largest absolute Gasteiger partial charge is 0.380 e. The molecule has 0 spiro atoms. The Hall–Kier alpha value is -2.40. The number of hydrogen-bond acceptors (Lipinski definition) is 7. The molecule has 0 aliphatic carbocycles. The van der Waals surface area contributed by atoms with Crippen molar-refractivity contribution in [2.24, 2.45) is 0 Å². The van der Waals surface area contributed by atoms with Gasteiger partial charge in [-0.1, -0.05) is 11.6 Å². The predicted octanol–water partition coefficient (Wildman–Crippen LogP) is 4.71. The van der Waals surface area contributed by atoms with Gasteiger partial charge in [0.15, 0.2) is 5.82 Å². The SMILES string of the molecule is COC1CCN(c2cc(F)ccc2Nc2ccc(S(=O)(=O)Nc3cscn3)cc2Cl)C1. The zero-order chi connectivity index (χ0) is 22.0. The molecule has 1 aliphatic rings. The van der Waals surface area contributed by atoms with Crippen LogP contribution in [0.5, 0.6) is 0 Å². The first kappa shape index (κ1) is 21.8. The summed E-state index contributed by atoms with van der Waals surface area (Å²) < 4.78 is 46.9. The van der Waals surface area contributed by atoms with Crippen LogP contribution in [0.25, 0.3) is 0 Å². The van der Waals surface area contributed by atoms with E-state index in [1.807, 2.05) is 4.90 Å². The molecule has 11 heteroatoms. The van der Waals surface area contributed by atoms with Crippen LogP contribution in [0.15, 0.2) is 52.2 Å². The molecule has 1 fully saturated rings. The Balaban J connectivity index is 1.58. The zero-order valence-corrected chi connectivity index (χ0v) is 18.9. The fourth-order valence-electron chi connectivity index (χ4n) is 3.38. The standard InChI is InChI=1S/C20H20ClFN4O3S2/c1-29-14-6-7-26(10-14)19-8-13(22)2-4-18(19)24-17-5-3-15(9-16(17)21)31(27,28)25-20-11-30-12-23-20/h2-5,8-9,11-12,14,24-25H,6-7,10H2,1H3. The van der Waals surface area contributed by atoms with Crippen molar-refractivity contribution in [2.45, 2.75) is 17.4 Å². The third-order valence-corrected chi connectivity index (χ3v) is 7.22. The van der Waals surface area contributed by atoms with E-state index < -0.39 is 10.0 Å². The Morgan fingerprint density at radius 3 is 2.74 bits per heavy atom. The quantitative estimate of drug-likeness (QED) is 0.507. The Morgan fingerprint density at radius 1 is 1.26 bits per heavy atom. The zero-order valence-electron chi connectivity index (χ0n) is 16.5. The van der Waals surface area contributed by atoms with Crippen molar-refractivity contribution >= 4 is 55.8 Å². The van der Waals surface area contributed by atoms with Crippen molar-refractivity contribution < 1.29 is 17.5 Å². The topological polar surface area (TPSA) is 83.6 Å². The van der Waals surface area contributed by atoms with Gasteiger partial charge in [-0.25, -0.2) is 17.8 Å². The summed E-state index contributed by atoms with van der Waals surface area (Å²) in [7, 11) is -2.16. The summed E-state index contributed by atoms with van der Waals surface area (Å²) in [4.78, 5) is 5.99. The highest BCUT2D eigenvalue weighted by atomic mass is 35.5. The molecule has 0 saturated carbocycles. The second-order valence-corrected chi connectivity index (χ2v) is 9.81. The molecule has 0 bridgehead atoms. The van der Waals surface area contributed by atoms with Crippen molar-refractivity contribution in [3.05, 3.63) is 58.1 Å². The third-order valence-electron chi connectivity index (χ3n) is 4.97. The monoisotopic (exact) mass is 482 g/mol. The lowest BCUT2D eigenvalue weighted by atomic mass is 10.2. The van der Waals surface area contributed by atoms with Gasteiger partial charge in [0.05, 0.1) is 38.6 Å². The Labute approximate surface area is 188 Å². The molecule has 2 N–H and O–H groups in total. The molecule has 1 atom stereocenters. The normalized spacial score (nSPS) is 16.5. The molecule has 164 valence electrons. The van der Waals surface area contributed by atoms with Crippen molar-refractivity contribution in [3.63, 3.8) is 0 Å². The third kappa shape index (κ3) is 4.93. The van der Waals surface area contributed by atoms with Gasteiger partial charge in [-0.2, -0.15) is 0 Å². The van der Waals surface area contributed by atoms with Crippen LogP contribution in [-0.2, 0) is 14.8 Å². The van der Waals surface area contributed by atoms with Crippen LogP contribution >= 0.6 is 22.9 Å². The summed E-state index contributed by atoms with van der Waals surface area (Å²) in [5.41, 5.74) is 3.39. The van der Waals surface area contributed by atoms with E-state index >= 15 is 0 Å². The highest BCUT2D eigenvalue weighted by Gasteiger charge is 2.25. The fourth-order valence-corrected chi connectivity index (χ4v) is 5.26. The second kappa shape index (κ2) is 8.99. The van der Waals surface area contributed by atoms with Crippen molar-refractivity contribution in [2.75, 3.05) is 35.1 Å². The van der Waals surface area contributed by atoms with Crippen LogP contribution in [0.4, 0.5) is 27.3 Å². The molecule has 7 nitrogen and oxygen atoms in total. The Morgan fingerprint density at radius 2 is 2.06 bits per heavy atom. The predicted molar refractivity (Wildman–Crippen MR) is 122 cm³/mol. The van der Waals surface area contributed by atoms with E-state index in [9.17, 15) is 12.8 Å². The lowest BCUT2D eigenvalue weighted by Gasteiger charge is -2.23. The summed E-state index contributed by atoms with van der Waals surface area (Å²) in [5, 5.41) is 5.01. The van der Waals surface area contributed by atoms with Crippen LogP contribution in [-0.4, -0.2) is 39.7 Å².